The van der Waals surface area contributed by atoms with E-state index in [-0.39, 0.29) is 25.8 Å². The quantitative estimate of drug-likeness (QED) is 0.0199. The highest BCUT2D eigenvalue weighted by atomic mass is 31.2. The minimum atomic E-state index is -4.52. The van der Waals surface area contributed by atoms with E-state index in [2.05, 4.69) is 38.2 Å². The highest BCUT2D eigenvalue weighted by molar-refractivity contribution is 7.45. The molecule has 0 aliphatic rings. The molecule has 0 aromatic heterocycles. The molecule has 0 fully saturated rings. The molecule has 9 heteroatoms. The zero-order valence-electron chi connectivity index (χ0n) is 36.9. The number of nitrogens with zero attached hydrogens (tertiary/aromatic N) is 1. The second-order valence-corrected chi connectivity index (χ2v) is 18.2. The number of phosphoric acid groups is 1. The summed E-state index contributed by atoms with van der Waals surface area (Å²) in [7, 11) is 1.36. The smallest absolute Gasteiger partial charge is 0.306 e. The number of carbonyl (C=O) groups is 1. The second-order valence-electron chi connectivity index (χ2n) is 16.8. The van der Waals surface area contributed by atoms with Gasteiger partial charge in [0, 0.05) is 13.0 Å². The summed E-state index contributed by atoms with van der Waals surface area (Å²) in [6.07, 6.45) is 44.7. The molecule has 2 atom stereocenters. The second kappa shape index (κ2) is 39.8. The zero-order valence-corrected chi connectivity index (χ0v) is 37.8. The first-order valence-electron chi connectivity index (χ1n) is 23.1. The Hall–Kier alpha value is -1.02. The Kier molecular flexibility index (Phi) is 39.1. The molecule has 0 spiro atoms. The van der Waals surface area contributed by atoms with Gasteiger partial charge in [0.05, 0.1) is 34.4 Å². The molecule has 55 heavy (non-hydrogen) atoms. The van der Waals surface area contributed by atoms with Crippen molar-refractivity contribution in [2.45, 2.75) is 213 Å². The topological polar surface area (TPSA) is 94.1 Å². The van der Waals surface area contributed by atoms with Crippen molar-refractivity contribution in [3.05, 3.63) is 24.3 Å². The van der Waals surface area contributed by atoms with Crippen LogP contribution in [0.3, 0.4) is 0 Å². The van der Waals surface area contributed by atoms with Crippen molar-refractivity contribution in [1.29, 1.82) is 0 Å². The van der Waals surface area contributed by atoms with E-state index < -0.39 is 13.9 Å². The number of rotatable bonds is 43. The number of esters is 1. The third-order valence-electron chi connectivity index (χ3n) is 10.0. The predicted molar refractivity (Wildman–Crippen MR) is 231 cm³/mol. The third-order valence-corrected chi connectivity index (χ3v) is 11.0. The molecule has 0 heterocycles. The van der Waals surface area contributed by atoms with Crippen LogP contribution in [0.25, 0.3) is 0 Å². The molecule has 0 saturated carbocycles. The van der Waals surface area contributed by atoms with E-state index in [1.54, 1.807) is 0 Å². The number of quaternary nitrogens is 1. The van der Waals surface area contributed by atoms with Crippen molar-refractivity contribution in [2.24, 2.45) is 0 Å². The van der Waals surface area contributed by atoms with Gasteiger partial charge in [-0.2, -0.15) is 0 Å². The van der Waals surface area contributed by atoms with E-state index in [4.69, 9.17) is 18.5 Å². The molecular formula is C46H90NO7P. The van der Waals surface area contributed by atoms with Gasteiger partial charge in [0.1, 0.15) is 19.3 Å². The number of unbranched alkanes of at least 4 members (excludes halogenated alkanes) is 25. The summed E-state index contributed by atoms with van der Waals surface area (Å²) in [6.45, 7) is 5.42. The predicted octanol–water partition coefficient (Wildman–Crippen LogP) is 13.0. The highest BCUT2D eigenvalue weighted by Crippen LogP contribution is 2.38. The van der Waals surface area contributed by atoms with E-state index in [0.717, 1.165) is 44.9 Å². The molecule has 0 bridgehead atoms. The van der Waals surface area contributed by atoms with Gasteiger partial charge in [0.2, 0.25) is 0 Å². The number of hydrogen-bond donors (Lipinski definition) is 0. The van der Waals surface area contributed by atoms with Crippen LogP contribution in [-0.2, 0) is 27.9 Å². The first kappa shape index (κ1) is 54.0. The molecule has 2 unspecified atom stereocenters. The molecule has 0 radical (unpaired) electrons. The van der Waals surface area contributed by atoms with E-state index in [1.807, 2.05) is 21.1 Å². The van der Waals surface area contributed by atoms with Gasteiger partial charge in [0.15, 0.2) is 0 Å². The number of allylic oxidation sites excluding steroid dienone is 4. The fourth-order valence-corrected chi connectivity index (χ4v) is 7.13. The van der Waals surface area contributed by atoms with E-state index in [0.29, 0.717) is 24.1 Å². The fourth-order valence-electron chi connectivity index (χ4n) is 6.40. The molecule has 0 aromatic rings. The van der Waals surface area contributed by atoms with Crippen LogP contribution >= 0.6 is 7.82 Å². The molecule has 0 rings (SSSR count). The Bertz CT molecular complexity index is 936. The Morgan fingerprint density at radius 2 is 1.00 bits per heavy atom. The molecule has 0 amide bonds. The standard InChI is InChI=1S/C46H90NO7P/c1-6-8-10-12-14-16-18-20-22-23-24-25-27-29-31-33-35-37-39-46(48)54-45(44-53-55(49,50)52-42-40-47(3,4)5)43-51-41-38-36-34-32-30-28-26-21-19-17-15-13-11-9-7-2/h16,18,22-23,45H,6-15,17,19-21,24-44H2,1-5H3/b18-16-,23-22-. The van der Waals surface area contributed by atoms with Crippen molar-refractivity contribution in [2.75, 3.05) is 54.1 Å². The van der Waals surface area contributed by atoms with Gasteiger partial charge >= 0.3 is 5.97 Å². The maximum atomic E-state index is 12.7. The summed E-state index contributed by atoms with van der Waals surface area (Å²) in [5, 5.41) is 0. The number of carbonyl (C=O) groups excluding carboxylic acids is 1. The summed E-state index contributed by atoms with van der Waals surface area (Å²) in [6, 6.07) is 0. The van der Waals surface area contributed by atoms with Crippen LogP contribution in [0, 0.1) is 0 Å². The van der Waals surface area contributed by atoms with Crippen molar-refractivity contribution in [3.63, 3.8) is 0 Å². The average molecular weight is 800 g/mol. The maximum Gasteiger partial charge on any atom is 0.306 e. The fraction of sp³-hybridized carbons (Fsp3) is 0.891. The number of hydrogen-bond acceptors (Lipinski definition) is 7. The lowest BCUT2D eigenvalue weighted by molar-refractivity contribution is -0.870. The van der Waals surface area contributed by atoms with Gasteiger partial charge in [0.25, 0.3) is 7.82 Å². The molecule has 8 nitrogen and oxygen atoms in total. The molecule has 0 N–H and O–H groups in total. The SMILES string of the molecule is CCCCCC/C=C\C/C=C\CCCCCCCCCC(=O)OC(COCCCCCCCCCCCCCCCCC)COP(=O)([O-])OCC[N+](C)(C)C. The van der Waals surface area contributed by atoms with E-state index in [1.165, 1.54) is 141 Å². The van der Waals surface area contributed by atoms with Crippen LogP contribution in [0.5, 0.6) is 0 Å². The van der Waals surface area contributed by atoms with Crippen molar-refractivity contribution >= 4 is 13.8 Å². The van der Waals surface area contributed by atoms with Crippen LogP contribution < -0.4 is 4.89 Å². The first-order chi connectivity index (χ1) is 26.6. The molecule has 0 aliphatic carbocycles. The van der Waals surface area contributed by atoms with Gasteiger partial charge in [-0.05, 0) is 44.9 Å². The molecule has 0 aliphatic heterocycles. The summed E-state index contributed by atoms with van der Waals surface area (Å²) in [5.74, 6) is -0.339. The van der Waals surface area contributed by atoms with Gasteiger partial charge in [-0.3, -0.25) is 9.36 Å². The summed E-state index contributed by atoms with van der Waals surface area (Å²) in [4.78, 5) is 25.1. The van der Waals surface area contributed by atoms with Crippen molar-refractivity contribution in [3.8, 4) is 0 Å². The highest BCUT2D eigenvalue weighted by Gasteiger charge is 2.20. The van der Waals surface area contributed by atoms with E-state index >= 15 is 0 Å². The summed E-state index contributed by atoms with van der Waals surface area (Å²) in [5.41, 5.74) is 0. The Morgan fingerprint density at radius 1 is 0.564 bits per heavy atom. The summed E-state index contributed by atoms with van der Waals surface area (Å²) < 4.78 is 34.6. The van der Waals surface area contributed by atoms with Crippen LogP contribution in [0.1, 0.15) is 206 Å². The molecule has 0 saturated heterocycles. The molecule has 326 valence electrons. The van der Waals surface area contributed by atoms with Crippen LogP contribution in [0.2, 0.25) is 0 Å². The van der Waals surface area contributed by atoms with Gasteiger partial charge in [-0.1, -0.05) is 179 Å². The lowest BCUT2D eigenvalue weighted by Gasteiger charge is -2.28. The Morgan fingerprint density at radius 3 is 1.49 bits per heavy atom. The minimum absolute atomic E-state index is 0.0264. The zero-order chi connectivity index (χ0) is 40.6. The van der Waals surface area contributed by atoms with Crippen molar-refractivity contribution in [1.82, 2.24) is 0 Å². The number of likely N-dealkylation sites (N-methyl/N-ethyl adjacent to an activating group) is 1. The number of phosphoric ester groups is 1. The average Bonchev–Trinajstić information content (AvgIpc) is 3.13. The van der Waals surface area contributed by atoms with Gasteiger partial charge in [-0.15, -0.1) is 0 Å². The van der Waals surface area contributed by atoms with Gasteiger partial charge in [-0.25, -0.2) is 0 Å². The monoisotopic (exact) mass is 800 g/mol. The molecule has 0 aromatic carbocycles. The Labute approximate surface area is 341 Å². The van der Waals surface area contributed by atoms with Crippen LogP contribution in [0.4, 0.5) is 0 Å². The molecular weight excluding hydrogens is 709 g/mol. The maximum absolute atomic E-state index is 12.7. The van der Waals surface area contributed by atoms with Crippen LogP contribution in [-0.4, -0.2) is 70.7 Å². The minimum Gasteiger partial charge on any atom is -0.756 e. The van der Waals surface area contributed by atoms with Crippen molar-refractivity contribution < 1.29 is 37.3 Å². The lowest BCUT2D eigenvalue weighted by Crippen LogP contribution is -2.37. The summed E-state index contributed by atoms with van der Waals surface area (Å²) >= 11 is 0. The number of ether oxygens (including phenoxy) is 2. The first-order valence-corrected chi connectivity index (χ1v) is 24.5. The third kappa shape index (κ3) is 43.9. The lowest BCUT2D eigenvalue weighted by atomic mass is 10.0. The Balaban J connectivity index is 4.20. The normalized spacial score (nSPS) is 13.9. The van der Waals surface area contributed by atoms with Gasteiger partial charge < -0.3 is 27.9 Å². The van der Waals surface area contributed by atoms with E-state index in [9.17, 15) is 14.3 Å². The largest absolute Gasteiger partial charge is 0.756 e. The van der Waals surface area contributed by atoms with Crippen LogP contribution in [0.15, 0.2) is 24.3 Å².